The molecule has 2 aromatic carbocycles. The molecule has 7 rings (SSSR count). The summed E-state index contributed by atoms with van der Waals surface area (Å²) in [4.78, 5) is 15.8. The smallest absolute Gasteiger partial charge is 0.264 e. The number of amides is 1. The average molecular weight is 625 g/mol. The molecule has 7 nitrogen and oxygen atoms in total. The maximum atomic E-state index is 13.5. The highest BCUT2D eigenvalue weighted by atomic mass is 35.5. The highest BCUT2D eigenvalue weighted by molar-refractivity contribution is 7.90. The van der Waals surface area contributed by atoms with Gasteiger partial charge in [-0.1, -0.05) is 29.8 Å². The van der Waals surface area contributed by atoms with Crippen molar-refractivity contribution in [3.05, 3.63) is 70.3 Å². The van der Waals surface area contributed by atoms with Crippen molar-refractivity contribution in [1.29, 1.82) is 0 Å². The van der Waals surface area contributed by atoms with E-state index in [1.54, 1.807) is 19.1 Å². The zero-order valence-corrected chi connectivity index (χ0v) is 26.2. The normalized spacial score (nSPS) is 34.5. The minimum Gasteiger partial charge on any atom is -0.490 e. The maximum absolute atomic E-state index is 13.5. The van der Waals surface area contributed by atoms with Crippen LogP contribution in [-0.4, -0.2) is 50.5 Å². The number of carbonyl (C=O) groups is 1. The summed E-state index contributed by atoms with van der Waals surface area (Å²) < 4.78 is 35.9. The zero-order chi connectivity index (χ0) is 29.9. The third-order valence-corrected chi connectivity index (χ3v) is 13.0. The molecule has 2 aliphatic heterocycles. The Morgan fingerprint density at radius 3 is 2.65 bits per heavy atom. The van der Waals surface area contributed by atoms with Gasteiger partial charge < -0.3 is 14.7 Å². The second-order valence-electron chi connectivity index (χ2n) is 13.6. The van der Waals surface area contributed by atoms with Gasteiger partial charge >= 0.3 is 0 Å². The summed E-state index contributed by atoms with van der Waals surface area (Å²) in [5.74, 6) is 0.735. The molecule has 1 amide bonds. The Balaban J connectivity index is 1.28. The lowest BCUT2D eigenvalue weighted by Crippen LogP contribution is -2.49. The van der Waals surface area contributed by atoms with E-state index >= 15 is 0 Å². The average Bonchev–Trinajstić information content (AvgIpc) is 3.81. The van der Waals surface area contributed by atoms with E-state index in [4.69, 9.17) is 16.3 Å². The van der Waals surface area contributed by atoms with Crippen LogP contribution in [0.3, 0.4) is 0 Å². The van der Waals surface area contributed by atoms with Gasteiger partial charge in [-0.3, -0.25) is 4.79 Å². The van der Waals surface area contributed by atoms with Crippen LogP contribution in [-0.2, 0) is 21.9 Å². The van der Waals surface area contributed by atoms with Gasteiger partial charge in [0.1, 0.15) is 5.75 Å². The second-order valence-corrected chi connectivity index (χ2v) is 16.1. The van der Waals surface area contributed by atoms with Crippen molar-refractivity contribution in [2.45, 2.75) is 75.1 Å². The van der Waals surface area contributed by atoms with Crippen molar-refractivity contribution < 1.29 is 23.1 Å². The minimum absolute atomic E-state index is 0.0979. The minimum atomic E-state index is -3.92. The summed E-state index contributed by atoms with van der Waals surface area (Å²) >= 11 is 6.40. The summed E-state index contributed by atoms with van der Waals surface area (Å²) in [6.07, 6.45) is 10.8. The van der Waals surface area contributed by atoms with E-state index in [0.29, 0.717) is 42.7 Å². The highest BCUT2D eigenvalue weighted by Gasteiger charge is 2.45. The number of nitrogens with one attached hydrogen (secondary N) is 1. The summed E-state index contributed by atoms with van der Waals surface area (Å²) in [5.41, 5.74) is 3.37. The molecule has 3 aliphatic carbocycles. The molecule has 2 N–H and O–H groups in total. The molecule has 0 aromatic heterocycles. The van der Waals surface area contributed by atoms with Crippen molar-refractivity contribution in [1.82, 2.24) is 4.72 Å². The van der Waals surface area contributed by atoms with E-state index in [1.807, 2.05) is 24.3 Å². The monoisotopic (exact) mass is 624 g/mol. The third kappa shape index (κ3) is 5.48. The summed E-state index contributed by atoms with van der Waals surface area (Å²) in [7, 11) is -3.92. The van der Waals surface area contributed by atoms with Crippen molar-refractivity contribution in [2.24, 2.45) is 23.7 Å². The molecule has 0 unspecified atom stereocenters. The van der Waals surface area contributed by atoms with Gasteiger partial charge in [0.25, 0.3) is 5.91 Å². The van der Waals surface area contributed by atoms with Crippen LogP contribution in [0.5, 0.6) is 5.75 Å². The first-order chi connectivity index (χ1) is 20.6. The maximum Gasteiger partial charge on any atom is 0.264 e. The Kier molecular flexibility index (Phi) is 7.54. The summed E-state index contributed by atoms with van der Waals surface area (Å²) in [6.45, 7) is 3.63. The SMILES string of the molecule is C[C@H]1[C@@H](C2CC2)C/C=C/[C@H](O)[C@@H]2CC[C@H]2CN2C[C@@]3(CCCc4cc(Cl)ccc43)COc3ccc(cc32)C(=O)NS1(=O)=O. The topological polar surface area (TPSA) is 95.9 Å². The van der Waals surface area contributed by atoms with Crippen LogP contribution in [0.15, 0.2) is 48.6 Å². The number of allylic oxidation sites excluding steroid dienone is 1. The molecular formula is C34H41ClN2O5S. The van der Waals surface area contributed by atoms with Gasteiger partial charge in [0.2, 0.25) is 10.0 Å². The lowest BCUT2D eigenvalue weighted by atomic mass is 9.68. The van der Waals surface area contributed by atoms with Crippen LogP contribution in [0.25, 0.3) is 0 Å². The lowest BCUT2D eigenvalue weighted by molar-refractivity contribution is 0.0455. The van der Waals surface area contributed by atoms with Crippen molar-refractivity contribution in [3.8, 4) is 5.75 Å². The van der Waals surface area contributed by atoms with Gasteiger partial charge in [0, 0.05) is 29.1 Å². The van der Waals surface area contributed by atoms with Crippen molar-refractivity contribution in [2.75, 3.05) is 24.6 Å². The second kappa shape index (κ2) is 11.1. The molecular weight excluding hydrogens is 584 g/mol. The van der Waals surface area contributed by atoms with E-state index < -0.39 is 27.3 Å². The Morgan fingerprint density at radius 1 is 1.07 bits per heavy atom. The molecule has 9 heteroatoms. The zero-order valence-electron chi connectivity index (χ0n) is 24.7. The number of aryl methyl sites for hydroxylation is 1. The number of aliphatic hydroxyl groups excluding tert-OH is 1. The van der Waals surface area contributed by atoms with Crippen LogP contribution in [0.2, 0.25) is 5.02 Å². The number of carbonyl (C=O) groups excluding carboxylic acids is 1. The molecule has 0 radical (unpaired) electrons. The van der Waals surface area contributed by atoms with E-state index in [-0.39, 0.29) is 17.3 Å². The number of rotatable bonds is 1. The first kappa shape index (κ1) is 29.2. The van der Waals surface area contributed by atoms with E-state index in [1.165, 1.54) is 11.1 Å². The Labute approximate surface area is 259 Å². The van der Waals surface area contributed by atoms with Crippen LogP contribution in [0.1, 0.15) is 73.4 Å². The van der Waals surface area contributed by atoms with Crippen LogP contribution in [0.4, 0.5) is 5.69 Å². The van der Waals surface area contributed by atoms with Gasteiger partial charge in [0.15, 0.2) is 0 Å². The molecule has 2 aromatic rings. The molecule has 0 saturated heterocycles. The lowest BCUT2D eigenvalue weighted by Gasteiger charge is -2.45. The molecule has 2 saturated carbocycles. The molecule has 230 valence electrons. The van der Waals surface area contributed by atoms with Crippen LogP contribution < -0.4 is 14.4 Å². The fourth-order valence-corrected chi connectivity index (χ4v) is 9.68. The standard InChI is InChI=1S/C34H41ClN2O5S/c1-21-27(22-7-8-22)5-2-6-31(38)28-12-9-25(28)18-37-19-34(15-3-4-23-16-26(35)11-13-29(23)34)20-42-32-14-10-24(17-30(32)37)33(39)36-43(21,40)41/h2,6,10-11,13-14,16-17,21-22,25,27-28,31,38H,3-5,7-9,12,15,18-20H2,1H3,(H,36,39)/b6-2+/t21-,25-,27-,28+,31-,34-/m0/s1. The summed E-state index contributed by atoms with van der Waals surface area (Å²) in [6, 6.07) is 11.5. The highest BCUT2D eigenvalue weighted by Crippen LogP contribution is 2.47. The number of nitrogens with zero attached hydrogens (tertiary/aromatic N) is 1. The molecule has 1 spiro atoms. The quantitative estimate of drug-likeness (QED) is 0.399. The predicted molar refractivity (Wildman–Crippen MR) is 168 cm³/mol. The summed E-state index contributed by atoms with van der Waals surface area (Å²) in [5, 5.41) is 11.3. The predicted octanol–water partition coefficient (Wildman–Crippen LogP) is 5.63. The fourth-order valence-electron chi connectivity index (χ4n) is 8.13. The molecule has 43 heavy (non-hydrogen) atoms. The van der Waals surface area contributed by atoms with Gasteiger partial charge in [-0.05, 0) is 123 Å². The number of anilines is 1. The number of hydrogen-bond acceptors (Lipinski definition) is 6. The van der Waals surface area contributed by atoms with Crippen LogP contribution in [0, 0.1) is 23.7 Å². The molecule has 2 fully saturated rings. The Bertz CT molecular complexity index is 1560. The number of aliphatic hydroxyl groups is 1. The number of fused-ring (bicyclic) bond motifs is 4. The first-order valence-electron chi connectivity index (χ1n) is 15.8. The van der Waals surface area contributed by atoms with E-state index in [2.05, 4.69) is 21.8 Å². The first-order valence-corrected chi connectivity index (χ1v) is 17.8. The number of ether oxygens (including phenoxy) is 1. The van der Waals surface area contributed by atoms with Gasteiger partial charge in [-0.15, -0.1) is 0 Å². The Morgan fingerprint density at radius 2 is 1.88 bits per heavy atom. The number of halogens is 1. The van der Waals surface area contributed by atoms with E-state index in [0.717, 1.165) is 62.2 Å². The molecule has 2 bridgehead atoms. The molecule has 5 aliphatic rings. The van der Waals surface area contributed by atoms with Crippen LogP contribution >= 0.6 is 11.6 Å². The number of hydrogen-bond donors (Lipinski definition) is 2. The third-order valence-electron chi connectivity index (χ3n) is 11.0. The Hall–Kier alpha value is -2.55. The van der Waals surface area contributed by atoms with E-state index in [9.17, 15) is 18.3 Å². The van der Waals surface area contributed by atoms with Crippen molar-refractivity contribution in [3.63, 3.8) is 0 Å². The molecule has 2 heterocycles. The van der Waals surface area contributed by atoms with Crippen molar-refractivity contribution >= 4 is 33.2 Å². The number of sulfonamides is 1. The number of benzene rings is 2. The van der Waals surface area contributed by atoms with Gasteiger partial charge in [0.05, 0.1) is 23.6 Å². The fraction of sp³-hybridized carbons (Fsp3) is 0.559. The largest absolute Gasteiger partial charge is 0.490 e. The van der Waals surface area contributed by atoms with Gasteiger partial charge in [-0.25, -0.2) is 13.1 Å². The molecule has 6 atom stereocenters. The van der Waals surface area contributed by atoms with Gasteiger partial charge in [-0.2, -0.15) is 0 Å².